The van der Waals surface area contributed by atoms with Gasteiger partial charge in [-0.15, -0.1) is 0 Å². The van der Waals surface area contributed by atoms with Crippen LogP contribution in [0.1, 0.15) is 0 Å². The van der Waals surface area contributed by atoms with E-state index in [0.717, 1.165) is 10.8 Å². The number of nitrogens with one attached hydrogen (secondary N) is 1. The minimum atomic E-state index is -0.432. The van der Waals surface area contributed by atoms with Crippen LogP contribution in [0.15, 0.2) is 52.1 Å². The molecule has 0 fully saturated rings. The summed E-state index contributed by atoms with van der Waals surface area (Å²) < 4.78 is 2.61. The van der Waals surface area contributed by atoms with Crippen LogP contribution in [0.5, 0.6) is 0 Å². The number of benzene rings is 2. The van der Waals surface area contributed by atoms with Gasteiger partial charge in [-0.25, -0.2) is 14.3 Å². The van der Waals surface area contributed by atoms with Crippen LogP contribution in [-0.2, 0) is 7.05 Å². The quantitative estimate of drug-likeness (QED) is 0.691. The molecule has 0 saturated heterocycles. The molecule has 0 aliphatic carbocycles. The van der Waals surface area contributed by atoms with Crippen LogP contribution in [0.3, 0.4) is 0 Å². The Bertz CT molecular complexity index is 834. The number of nitrogens with zero attached hydrogens (tertiary/aromatic N) is 2. The topological polar surface area (TPSA) is 59.8 Å². The molecule has 0 radical (unpaired) electrons. The first-order chi connectivity index (χ1) is 8.68. The minimum absolute atomic E-state index is 0.423. The molecule has 1 heterocycles. The highest BCUT2D eigenvalue weighted by Crippen LogP contribution is 2.20. The molecule has 5 nitrogen and oxygen atoms in total. The first kappa shape index (κ1) is 10.6. The second-order valence-corrected chi connectivity index (χ2v) is 4.07. The summed E-state index contributed by atoms with van der Waals surface area (Å²) in [5.41, 5.74) is -0.161. The zero-order chi connectivity index (χ0) is 12.7. The fraction of sp³-hybridized carbons (Fsp3) is 0.0769. The average molecular weight is 241 g/mol. The standard InChI is InChI=1S/C13H11N3O2/c1-15-12(17)14-13(18)16(15)11-8-4-6-9-5-2-3-7-10(9)11/h2-8H,1H3,(H,14,17,18). The molecule has 5 heteroatoms. The van der Waals surface area contributed by atoms with Crippen LogP contribution in [0.25, 0.3) is 16.5 Å². The van der Waals surface area contributed by atoms with E-state index in [4.69, 9.17) is 0 Å². The van der Waals surface area contributed by atoms with E-state index < -0.39 is 11.4 Å². The summed E-state index contributed by atoms with van der Waals surface area (Å²) in [6.07, 6.45) is 0. The lowest BCUT2D eigenvalue weighted by Gasteiger charge is -2.08. The molecule has 18 heavy (non-hydrogen) atoms. The number of rotatable bonds is 1. The Morgan fingerprint density at radius 3 is 2.39 bits per heavy atom. The Labute approximate surface area is 102 Å². The smallest absolute Gasteiger partial charge is 0.256 e. The van der Waals surface area contributed by atoms with Crippen LogP contribution >= 0.6 is 0 Å². The van der Waals surface area contributed by atoms with Crippen molar-refractivity contribution in [2.24, 2.45) is 7.05 Å². The molecular weight excluding hydrogens is 230 g/mol. The maximum atomic E-state index is 11.8. The zero-order valence-electron chi connectivity index (χ0n) is 9.75. The maximum absolute atomic E-state index is 11.8. The third-order valence-corrected chi connectivity index (χ3v) is 2.99. The van der Waals surface area contributed by atoms with Gasteiger partial charge in [0.15, 0.2) is 0 Å². The van der Waals surface area contributed by atoms with Crippen LogP contribution in [0, 0.1) is 0 Å². The second-order valence-electron chi connectivity index (χ2n) is 4.07. The highest BCUT2D eigenvalue weighted by molar-refractivity contribution is 5.89. The lowest BCUT2D eigenvalue weighted by Crippen LogP contribution is -2.22. The van der Waals surface area contributed by atoms with Gasteiger partial charge in [-0.3, -0.25) is 4.98 Å². The number of H-pyrrole nitrogens is 1. The first-order valence-corrected chi connectivity index (χ1v) is 5.55. The Morgan fingerprint density at radius 1 is 0.944 bits per heavy atom. The van der Waals surface area contributed by atoms with E-state index in [0.29, 0.717) is 5.69 Å². The highest BCUT2D eigenvalue weighted by Gasteiger charge is 2.10. The summed E-state index contributed by atoms with van der Waals surface area (Å²) in [5.74, 6) is 0. The van der Waals surface area contributed by atoms with E-state index in [1.54, 1.807) is 7.05 Å². The fourth-order valence-corrected chi connectivity index (χ4v) is 2.12. The summed E-state index contributed by atoms with van der Waals surface area (Å²) in [6, 6.07) is 13.4. The molecule has 0 spiro atoms. The van der Waals surface area contributed by atoms with Crippen molar-refractivity contribution in [2.75, 3.05) is 0 Å². The molecule has 90 valence electrons. The van der Waals surface area contributed by atoms with Crippen LogP contribution in [-0.4, -0.2) is 14.3 Å². The van der Waals surface area contributed by atoms with Gasteiger partial charge in [-0.1, -0.05) is 36.4 Å². The number of hydrogen-bond donors (Lipinski definition) is 1. The molecule has 0 aliphatic heterocycles. The number of aromatic amines is 1. The van der Waals surface area contributed by atoms with Crippen LogP contribution in [0.2, 0.25) is 0 Å². The Kier molecular flexibility index (Phi) is 2.19. The van der Waals surface area contributed by atoms with E-state index in [1.807, 2.05) is 42.5 Å². The van der Waals surface area contributed by atoms with Crippen LogP contribution in [0.4, 0.5) is 0 Å². The normalized spacial score (nSPS) is 10.9. The van der Waals surface area contributed by atoms with Crippen molar-refractivity contribution in [2.45, 2.75) is 0 Å². The molecule has 1 aromatic heterocycles. The van der Waals surface area contributed by atoms with Crippen molar-refractivity contribution < 1.29 is 0 Å². The molecule has 3 aromatic rings. The SMILES string of the molecule is Cn1c(=O)[nH]c(=O)n1-c1cccc2ccccc12. The van der Waals surface area contributed by atoms with E-state index in [-0.39, 0.29) is 0 Å². The van der Waals surface area contributed by atoms with Crippen LogP contribution < -0.4 is 11.4 Å². The summed E-state index contributed by atoms with van der Waals surface area (Å²) in [6.45, 7) is 0. The summed E-state index contributed by atoms with van der Waals surface area (Å²) in [4.78, 5) is 25.5. The molecular formula is C13H11N3O2. The predicted molar refractivity (Wildman–Crippen MR) is 69.1 cm³/mol. The average Bonchev–Trinajstić information content (AvgIpc) is 2.63. The van der Waals surface area contributed by atoms with Gasteiger partial charge < -0.3 is 0 Å². The van der Waals surface area contributed by atoms with E-state index in [2.05, 4.69) is 4.98 Å². The fourth-order valence-electron chi connectivity index (χ4n) is 2.12. The van der Waals surface area contributed by atoms with Gasteiger partial charge in [0, 0.05) is 12.4 Å². The first-order valence-electron chi connectivity index (χ1n) is 5.55. The largest absolute Gasteiger partial charge is 0.349 e. The van der Waals surface area contributed by atoms with Gasteiger partial charge in [-0.2, -0.15) is 4.68 Å². The third-order valence-electron chi connectivity index (χ3n) is 2.99. The second kappa shape index (κ2) is 3.73. The zero-order valence-corrected chi connectivity index (χ0v) is 9.75. The Morgan fingerprint density at radius 2 is 1.67 bits per heavy atom. The van der Waals surface area contributed by atoms with Crippen molar-refractivity contribution in [3.8, 4) is 5.69 Å². The summed E-state index contributed by atoms with van der Waals surface area (Å²) in [7, 11) is 1.56. The molecule has 2 aromatic carbocycles. The van der Waals surface area contributed by atoms with E-state index in [1.165, 1.54) is 9.36 Å². The van der Waals surface area contributed by atoms with Crippen molar-refractivity contribution in [3.05, 3.63) is 63.4 Å². The third kappa shape index (κ3) is 1.41. The van der Waals surface area contributed by atoms with Gasteiger partial charge in [0.2, 0.25) is 0 Å². The monoisotopic (exact) mass is 241 g/mol. The van der Waals surface area contributed by atoms with Gasteiger partial charge >= 0.3 is 11.4 Å². The van der Waals surface area contributed by atoms with E-state index in [9.17, 15) is 9.59 Å². The molecule has 0 amide bonds. The number of aromatic nitrogens is 3. The number of fused-ring (bicyclic) bond motifs is 1. The van der Waals surface area contributed by atoms with Crippen molar-refractivity contribution in [3.63, 3.8) is 0 Å². The lowest BCUT2D eigenvalue weighted by molar-refractivity contribution is 0.631. The van der Waals surface area contributed by atoms with Gasteiger partial charge in [0.1, 0.15) is 0 Å². The molecule has 0 unspecified atom stereocenters. The van der Waals surface area contributed by atoms with Gasteiger partial charge in [-0.05, 0) is 11.5 Å². The van der Waals surface area contributed by atoms with Gasteiger partial charge in [0.25, 0.3) is 0 Å². The van der Waals surface area contributed by atoms with E-state index >= 15 is 0 Å². The van der Waals surface area contributed by atoms with Crippen molar-refractivity contribution >= 4 is 10.8 Å². The minimum Gasteiger partial charge on any atom is -0.256 e. The summed E-state index contributed by atoms with van der Waals surface area (Å²) in [5, 5.41) is 1.95. The molecule has 0 bridgehead atoms. The Hall–Kier alpha value is -2.56. The predicted octanol–water partition coefficient (Wildman–Crippen LogP) is 1.02. The molecule has 0 saturated carbocycles. The Balaban J connectivity index is 2.46. The summed E-state index contributed by atoms with van der Waals surface area (Å²) >= 11 is 0. The van der Waals surface area contributed by atoms with Crippen molar-refractivity contribution in [1.82, 2.24) is 14.3 Å². The molecule has 1 N–H and O–H groups in total. The lowest BCUT2D eigenvalue weighted by atomic mass is 10.1. The molecule has 0 aliphatic rings. The van der Waals surface area contributed by atoms with Crippen molar-refractivity contribution in [1.29, 1.82) is 0 Å². The highest BCUT2D eigenvalue weighted by atomic mass is 16.2. The molecule has 3 rings (SSSR count). The molecule has 0 atom stereocenters. The number of hydrogen-bond acceptors (Lipinski definition) is 2. The van der Waals surface area contributed by atoms with Gasteiger partial charge in [0.05, 0.1) is 5.69 Å². The maximum Gasteiger partial charge on any atom is 0.349 e.